The van der Waals surface area contributed by atoms with E-state index in [2.05, 4.69) is 12.2 Å². The number of hydrogen-bond acceptors (Lipinski definition) is 1. The summed E-state index contributed by atoms with van der Waals surface area (Å²) in [5, 5.41) is 3.60. The highest BCUT2D eigenvalue weighted by Gasteiger charge is 2.36. The van der Waals surface area contributed by atoms with Crippen molar-refractivity contribution in [1.29, 1.82) is 0 Å². The third-order valence-corrected chi connectivity index (χ3v) is 4.84. The smallest absolute Gasteiger partial charge is 0.248 e. The van der Waals surface area contributed by atoms with Crippen LogP contribution in [0.1, 0.15) is 64.7 Å². The molecule has 2 aliphatic carbocycles. The molecule has 0 aromatic carbocycles. The lowest BCUT2D eigenvalue weighted by Gasteiger charge is -2.35. The third kappa shape index (κ3) is 3.91. The van der Waals surface area contributed by atoms with Crippen LogP contribution in [-0.2, 0) is 0 Å². The Hall–Kier alpha value is -0.180. The van der Waals surface area contributed by atoms with E-state index in [4.69, 9.17) is 0 Å². The lowest BCUT2D eigenvalue weighted by Crippen LogP contribution is -2.42. The van der Waals surface area contributed by atoms with Crippen molar-refractivity contribution in [2.24, 2.45) is 11.8 Å². The highest BCUT2D eigenvalue weighted by atomic mass is 19.3. The van der Waals surface area contributed by atoms with Crippen molar-refractivity contribution in [2.45, 2.75) is 76.7 Å². The normalized spacial score (nSPS) is 36.5. The van der Waals surface area contributed by atoms with E-state index in [0.29, 0.717) is 12.5 Å². The molecule has 0 radical (unpaired) electrons. The molecule has 0 aromatic heterocycles. The van der Waals surface area contributed by atoms with Crippen LogP contribution < -0.4 is 5.32 Å². The van der Waals surface area contributed by atoms with Gasteiger partial charge in [-0.25, -0.2) is 8.78 Å². The molecule has 0 aromatic rings. The minimum absolute atomic E-state index is 0.101. The maximum absolute atomic E-state index is 13.3. The summed E-state index contributed by atoms with van der Waals surface area (Å²) in [4.78, 5) is 0. The minimum atomic E-state index is -2.40. The number of hydrogen-bond donors (Lipinski definition) is 1. The van der Waals surface area contributed by atoms with Gasteiger partial charge < -0.3 is 5.32 Å². The van der Waals surface area contributed by atoms with E-state index in [1.54, 1.807) is 0 Å². The molecule has 18 heavy (non-hydrogen) atoms. The lowest BCUT2D eigenvalue weighted by molar-refractivity contribution is -0.0526. The third-order valence-electron chi connectivity index (χ3n) is 4.84. The van der Waals surface area contributed by atoms with Crippen LogP contribution in [0, 0.1) is 11.8 Å². The molecule has 2 fully saturated rings. The molecule has 0 bridgehead atoms. The Morgan fingerprint density at radius 1 is 1.11 bits per heavy atom. The second kappa shape index (κ2) is 6.31. The van der Waals surface area contributed by atoms with Crippen LogP contribution in [0.3, 0.4) is 0 Å². The van der Waals surface area contributed by atoms with Gasteiger partial charge in [-0.1, -0.05) is 26.2 Å². The number of nitrogens with one attached hydrogen (secondary N) is 1. The van der Waals surface area contributed by atoms with Crippen molar-refractivity contribution in [3.63, 3.8) is 0 Å². The lowest BCUT2D eigenvalue weighted by atomic mass is 9.81. The van der Waals surface area contributed by atoms with Gasteiger partial charge in [0.1, 0.15) is 0 Å². The van der Waals surface area contributed by atoms with Gasteiger partial charge in [-0.05, 0) is 44.1 Å². The fourth-order valence-electron chi connectivity index (χ4n) is 3.73. The topological polar surface area (TPSA) is 12.0 Å². The monoisotopic (exact) mass is 259 g/mol. The van der Waals surface area contributed by atoms with Crippen LogP contribution in [0.15, 0.2) is 0 Å². The average molecular weight is 259 g/mol. The zero-order valence-electron chi connectivity index (χ0n) is 11.6. The second-order valence-corrected chi connectivity index (χ2v) is 6.29. The molecule has 2 saturated carbocycles. The van der Waals surface area contributed by atoms with E-state index in [-0.39, 0.29) is 18.8 Å². The summed E-state index contributed by atoms with van der Waals surface area (Å²) in [6.07, 6.45) is 8.30. The van der Waals surface area contributed by atoms with Crippen LogP contribution in [0.2, 0.25) is 0 Å². The first-order valence-electron chi connectivity index (χ1n) is 7.72. The Balaban J connectivity index is 1.76. The van der Waals surface area contributed by atoms with Crippen molar-refractivity contribution in [1.82, 2.24) is 5.32 Å². The molecular formula is C15H27F2N. The maximum Gasteiger partial charge on any atom is 0.248 e. The molecule has 0 spiro atoms. The van der Waals surface area contributed by atoms with Gasteiger partial charge in [0.15, 0.2) is 0 Å². The highest BCUT2D eigenvalue weighted by molar-refractivity contribution is 4.84. The van der Waals surface area contributed by atoms with Crippen LogP contribution in [0.4, 0.5) is 8.78 Å². The molecule has 2 rings (SSSR count). The number of halogens is 2. The van der Waals surface area contributed by atoms with Crippen LogP contribution in [0.5, 0.6) is 0 Å². The van der Waals surface area contributed by atoms with Gasteiger partial charge in [0.2, 0.25) is 5.92 Å². The SMILES string of the molecule is CCC1CCCCC1NCC1CCCC(F)(F)C1. The largest absolute Gasteiger partial charge is 0.313 e. The van der Waals surface area contributed by atoms with E-state index in [0.717, 1.165) is 18.9 Å². The van der Waals surface area contributed by atoms with Crippen LogP contribution >= 0.6 is 0 Å². The Labute approximate surface area is 110 Å². The molecule has 0 amide bonds. The molecule has 1 nitrogen and oxygen atoms in total. The number of rotatable bonds is 4. The summed E-state index contributed by atoms with van der Waals surface area (Å²) in [5.74, 6) is -1.45. The molecule has 3 atom stereocenters. The predicted molar refractivity (Wildman–Crippen MR) is 70.9 cm³/mol. The van der Waals surface area contributed by atoms with E-state index in [9.17, 15) is 8.78 Å². The maximum atomic E-state index is 13.3. The van der Waals surface area contributed by atoms with Crippen LogP contribution in [-0.4, -0.2) is 18.5 Å². The number of alkyl halides is 2. The molecule has 106 valence electrons. The first-order valence-corrected chi connectivity index (χ1v) is 7.72. The second-order valence-electron chi connectivity index (χ2n) is 6.29. The van der Waals surface area contributed by atoms with Gasteiger partial charge in [-0.3, -0.25) is 0 Å². The summed E-state index contributed by atoms with van der Waals surface area (Å²) in [6.45, 7) is 3.05. The summed E-state index contributed by atoms with van der Waals surface area (Å²) in [7, 11) is 0. The van der Waals surface area contributed by atoms with Crippen molar-refractivity contribution < 1.29 is 8.78 Å². The van der Waals surface area contributed by atoms with Crippen molar-refractivity contribution in [2.75, 3.05) is 6.54 Å². The Kier molecular flexibility index (Phi) is 4.99. The molecule has 0 saturated heterocycles. The zero-order valence-corrected chi connectivity index (χ0v) is 11.6. The Bertz CT molecular complexity index is 255. The van der Waals surface area contributed by atoms with Gasteiger partial charge in [0, 0.05) is 18.9 Å². The molecule has 3 heteroatoms. The van der Waals surface area contributed by atoms with Gasteiger partial charge >= 0.3 is 0 Å². The van der Waals surface area contributed by atoms with Crippen LogP contribution in [0.25, 0.3) is 0 Å². The molecule has 0 heterocycles. The fraction of sp³-hybridized carbons (Fsp3) is 1.00. The predicted octanol–water partition coefficient (Wildman–Crippen LogP) is 4.37. The van der Waals surface area contributed by atoms with Crippen molar-refractivity contribution in [3.05, 3.63) is 0 Å². The van der Waals surface area contributed by atoms with Gasteiger partial charge in [0.25, 0.3) is 0 Å². The summed E-state index contributed by atoms with van der Waals surface area (Å²) in [6, 6.07) is 0.583. The molecule has 0 aliphatic heterocycles. The molecule has 1 N–H and O–H groups in total. The van der Waals surface area contributed by atoms with Gasteiger partial charge in [-0.2, -0.15) is 0 Å². The minimum Gasteiger partial charge on any atom is -0.313 e. The average Bonchev–Trinajstić information content (AvgIpc) is 2.35. The fourth-order valence-corrected chi connectivity index (χ4v) is 3.73. The van der Waals surface area contributed by atoms with E-state index in [1.165, 1.54) is 32.1 Å². The summed E-state index contributed by atoms with van der Waals surface area (Å²) in [5.41, 5.74) is 0. The first kappa shape index (κ1) is 14.2. The molecular weight excluding hydrogens is 232 g/mol. The van der Waals surface area contributed by atoms with Crippen molar-refractivity contribution >= 4 is 0 Å². The van der Waals surface area contributed by atoms with Gasteiger partial charge in [0.05, 0.1) is 0 Å². The molecule has 3 unspecified atom stereocenters. The highest BCUT2D eigenvalue weighted by Crippen LogP contribution is 2.36. The zero-order chi connectivity index (χ0) is 13.0. The van der Waals surface area contributed by atoms with E-state index < -0.39 is 5.92 Å². The molecule has 2 aliphatic rings. The van der Waals surface area contributed by atoms with E-state index in [1.807, 2.05) is 0 Å². The Morgan fingerprint density at radius 2 is 1.89 bits per heavy atom. The first-order chi connectivity index (χ1) is 8.61. The van der Waals surface area contributed by atoms with E-state index >= 15 is 0 Å². The Morgan fingerprint density at radius 3 is 2.61 bits per heavy atom. The van der Waals surface area contributed by atoms with Crippen molar-refractivity contribution in [3.8, 4) is 0 Å². The standard InChI is InChI=1S/C15H27F2N/c1-2-13-7-3-4-8-14(13)18-11-12-6-5-9-15(16,17)10-12/h12-14,18H,2-11H2,1H3. The summed E-state index contributed by atoms with van der Waals surface area (Å²) < 4.78 is 26.7. The van der Waals surface area contributed by atoms with Gasteiger partial charge in [-0.15, -0.1) is 0 Å². The quantitative estimate of drug-likeness (QED) is 0.790. The summed E-state index contributed by atoms with van der Waals surface area (Å²) >= 11 is 0.